The van der Waals surface area contributed by atoms with Gasteiger partial charge in [-0.3, -0.25) is 4.79 Å². The molecule has 1 aromatic rings. The number of nitrogens with one attached hydrogen (secondary N) is 1. The minimum absolute atomic E-state index is 0.0730. The summed E-state index contributed by atoms with van der Waals surface area (Å²) >= 11 is 0. The van der Waals surface area contributed by atoms with Crippen LogP contribution in [0.15, 0.2) is 18.2 Å². The number of hydrogen-bond donors (Lipinski definition) is 3. The third-order valence-electron chi connectivity index (χ3n) is 3.91. The molecule has 4 nitrogen and oxygen atoms in total. The summed E-state index contributed by atoms with van der Waals surface area (Å²) in [6.07, 6.45) is 1.65. The molecule has 0 spiro atoms. The number of aryl methyl sites for hydroxylation is 1. The molecule has 0 bridgehead atoms. The van der Waals surface area contributed by atoms with Gasteiger partial charge in [-0.2, -0.15) is 0 Å². The van der Waals surface area contributed by atoms with Crippen LogP contribution in [0.1, 0.15) is 42.6 Å². The molecule has 0 aliphatic carbocycles. The van der Waals surface area contributed by atoms with Crippen LogP contribution in [0.4, 0.5) is 5.69 Å². The molecule has 0 heterocycles. The molecule has 106 valence electrons. The van der Waals surface area contributed by atoms with Crippen molar-refractivity contribution in [1.29, 1.82) is 0 Å². The van der Waals surface area contributed by atoms with Crippen molar-refractivity contribution in [3.05, 3.63) is 29.3 Å². The highest BCUT2D eigenvalue weighted by atomic mass is 16.3. The fourth-order valence-corrected chi connectivity index (χ4v) is 2.01. The van der Waals surface area contributed by atoms with Crippen molar-refractivity contribution in [3.63, 3.8) is 0 Å². The first-order chi connectivity index (χ1) is 8.98. The number of benzene rings is 1. The molecule has 1 aromatic carbocycles. The van der Waals surface area contributed by atoms with E-state index in [0.29, 0.717) is 17.8 Å². The van der Waals surface area contributed by atoms with Gasteiger partial charge in [-0.25, -0.2) is 0 Å². The van der Waals surface area contributed by atoms with E-state index in [1.807, 2.05) is 26.8 Å². The summed E-state index contributed by atoms with van der Waals surface area (Å²) in [5, 5.41) is 12.4. The predicted octanol–water partition coefficient (Wildman–Crippen LogP) is 2.11. The van der Waals surface area contributed by atoms with E-state index in [0.717, 1.165) is 18.4 Å². The summed E-state index contributed by atoms with van der Waals surface area (Å²) < 4.78 is 0. The Kier molecular flexibility index (Phi) is 5.36. The summed E-state index contributed by atoms with van der Waals surface area (Å²) in [5.74, 6) is -0.180. The Labute approximate surface area is 115 Å². The molecule has 1 rings (SSSR count). The Morgan fingerprint density at radius 3 is 2.53 bits per heavy atom. The van der Waals surface area contributed by atoms with E-state index in [1.165, 1.54) is 0 Å². The van der Waals surface area contributed by atoms with Crippen molar-refractivity contribution < 1.29 is 9.90 Å². The van der Waals surface area contributed by atoms with Crippen molar-refractivity contribution in [3.8, 4) is 0 Å². The van der Waals surface area contributed by atoms with Crippen molar-refractivity contribution >= 4 is 11.6 Å². The highest BCUT2D eigenvalue weighted by Gasteiger charge is 2.26. The molecule has 19 heavy (non-hydrogen) atoms. The number of aliphatic hydroxyl groups excluding tert-OH is 1. The minimum Gasteiger partial charge on any atom is -0.398 e. The summed E-state index contributed by atoms with van der Waals surface area (Å²) in [7, 11) is 0. The van der Waals surface area contributed by atoms with Crippen LogP contribution in [-0.4, -0.2) is 24.2 Å². The standard InChI is InChI=1S/C15H24N2O2/c1-4-15(5-2,10-18)9-17-14(19)12-8-11(3)6-7-13(12)16/h6-8,18H,4-5,9-10,16H2,1-3H3,(H,17,19). The van der Waals surface area contributed by atoms with Gasteiger partial charge in [-0.15, -0.1) is 0 Å². The number of anilines is 1. The lowest BCUT2D eigenvalue weighted by Crippen LogP contribution is -2.39. The molecule has 0 unspecified atom stereocenters. The monoisotopic (exact) mass is 264 g/mol. The van der Waals surface area contributed by atoms with Gasteiger partial charge < -0.3 is 16.2 Å². The second kappa shape index (κ2) is 6.57. The number of rotatable bonds is 6. The molecule has 0 aliphatic rings. The van der Waals surface area contributed by atoms with Gasteiger partial charge in [-0.1, -0.05) is 25.5 Å². The van der Waals surface area contributed by atoms with Gasteiger partial charge in [0, 0.05) is 17.6 Å². The second-order valence-corrected chi connectivity index (χ2v) is 5.14. The van der Waals surface area contributed by atoms with Crippen molar-refractivity contribution in [1.82, 2.24) is 5.32 Å². The van der Waals surface area contributed by atoms with Crippen LogP contribution in [-0.2, 0) is 0 Å². The van der Waals surface area contributed by atoms with Crippen LogP contribution in [0.5, 0.6) is 0 Å². The van der Waals surface area contributed by atoms with Crippen LogP contribution in [0.25, 0.3) is 0 Å². The van der Waals surface area contributed by atoms with Gasteiger partial charge in [0.2, 0.25) is 0 Å². The van der Waals surface area contributed by atoms with E-state index in [1.54, 1.807) is 12.1 Å². The lowest BCUT2D eigenvalue weighted by atomic mass is 9.83. The highest BCUT2D eigenvalue weighted by Crippen LogP contribution is 2.24. The van der Waals surface area contributed by atoms with Gasteiger partial charge in [0.05, 0.1) is 12.2 Å². The maximum atomic E-state index is 12.1. The van der Waals surface area contributed by atoms with Gasteiger partial charge in [0.25, 0.3) is 5.91 Å². The fourth-order valence-electron chi connectivity index (χ4n) is 2.01. The molecule has 0 saturated heterocycles. The minimum atomic E-state index is -0.242. The first-order valence-corrected chi connectivity index (χ1v) is 6.73. The largest absolute Gasteiger partial charge is 0.398 e. The Balaban J connectivity index is 2.77. The summed E-state index contributed by atoms with van der Waals surface area (Å²) in [5.41, 5.74) is 7.55. The van der Waals surface area contributed by atoms with Crippen LogP contribution in [0.3, 0.4) is 0 Å². The topological polar surface area (TPSA) is 75.3 Å². The van der Waals surface area contributed by atoms with Crippen LogP contribution >= 0.6 is 0 Å². The zero-order chi connectivity index (χ0) is 14.5. The number of hydrogen-bond acceptors (Lipinski definition) is 3. The SMILES string of the molecule is CCC(CC)(CO)CNC(=O)c1cc(C)ccc1N. The molecule has 4 N–H and O–H groups in total. The molecule has 1 amide bonds. The quantitative estimate of drug-likeness (QED) is 0.689. The van der Waals surface area contributed by atoms with Crippen LogP contribution < -0.4 is 11.1 Å². The maximum absolute atomic E-state index is 12.1. The number of nitrogens with two attached hydrogens (primary N) is 1. The average Bonchev–Trinajstić information content (AvgIpc) is 2.43. The number of carbonyl (C=O) groups excluding carboxylic acids is 1. The van der Waals surface area contributed by atoms with Gasteiger partial charge in [0.1, 0.15) is 0 Å². The first kappa shape index (κ1) is 15.5. The lowest BCUT2D eigenvalue weighted by Gasteiger charge is -2.29. The maximum Gasteiger partial charge on any atom is 0.253 e. The normalized spacial score (nSPS) is 11.4. The van der Waals surface area contributed by atoms with Crippen molar-refractivity contribution in [2.24, 2.45) is 5.41 Å². The van der Waals surface area contributed by atoms with Gasteiger partial charge >= 0.3 is 0 Å². The van der Waals surface area contributed by atoms with E-state index >= 15 is 0 Å². The van der Waals surface area contributed by atoms with Crippen LogP contribution in [0.2, 0.25) is 0 Å². The fraction of sp³-hybridized carbons (Fsp3) is 0.533. The number of nitrogen functional groups attached to an aromatic ring is 1. The van der Waals surface area contributed by atoms with Gasteiger partial charge in [0.15, 0.2) is 0 Å². The molecule has 0 saturated carbocycles. The van der Waals surface area contributed by atoms with Gasteiger partial charge in [-0.05, 0) is 31.9 Å². The third-order valence-corrected chi connectivity index (χ3v) is 3.91. The van der Waals surface area contributed by atoms with E-state index in [4.69, 9.17) is 5.73 Å². The molecule has 0 fully saturated rings. The Morgan fingerprint density at radius 1 is 1.37 bits per heavy atom. The van der Waals surface area contributed by atoms with E-state index in [2.05, 4.69) is 5.32 Å². The van der Waals surface area contributed by atoms with E-state index in [9.17, 15) is 9.90 Å². The first-order valence-electron chi connectivity index (χ1n) is 6.73. The Bertz CT molecular complexity index is 432. The number of carbonyl (C=O) groups is 1. The molecule has 0 radical (unpaired) electrons. The second-order valence-electron chi connectivity index (χ2n) is 5.14. The Hall–Kier alpha value is -1.55. The number of amides is 1. The summed E-state index contributed by atoms with van der Waals surface area (Å²) in [4.78, 5) is 12.1. The number of aliphatic hydroxyl groups is 1. The molecule has 0 aliphatic heterocycles. The van der Waals surface area contributed by atoms with E-state index < -0.39 is 0 Å². The molecule has 4 heteroatoms. The smallest absolute Gasteiger partial charge is 0.253 e. The average molecular weight is 264 g/mol. The summed E-state index contributed by atoms with van der Waals surface area (Å²) in [6, 6.07) is 5.40. The zero-order valence-electron chi connectivity index (χ0n) is 12.0. The molecule has 0 atom stereocenters. The molecular formula is C15H24N2O2. The highest BCUT2D eigenvalue weighted by molar-refractivity contribution is 5.99. The predicted molar refractivity (Wildman–Crippen MR) is 78.0 cm³/mol. The zero-order valence-corrected chi connectivity index (χ0v) is 12.0. The van der Waals surface area contributed by atoms with Crippen molar-refractivity contribution in [2.75, 3.05) is 18.9 Å². The summed E-state index contributed by atoms with van der Waals surface area (Å²) in [6.45, 7) is 6.50. The molecular weight excluding hydrogens is 240 g/mol. The third kappa shape index (κ3) is 3.70. The van der Waals surface area contributed by atoms with Crippen molar-refractivity contribution in [2.45, 2.75) is 33.6 Å². The molecule has 0 aromatic heterocycles. The Morgan fingerprint density at radius 2 is 2.00 bits per heavy atom. The van der Waals surface area contributed by atoms with E-state index in [-0.39, 0.29) is 17.9 Å². The van der Waals surface area contributed by atoms with Crippen LogP contribution in [0, 0.1) is 12.3 Å². The lowest BCUT2D eigenvalue weighted by molar-refractivity contribution is 0.0852.